The number of aliphatic imine (C=N–C) groups is 1. The third-order valence-electron chi connectivity index (χ3n) is 4.14. The minimum Gasteiger partial charge on any atom is -0.308 e. The number of carbonyl (C=O) groups is 1. The Hall–Kier alpha value is -2.26. The van der Waals surface area contributed by atoms with Crippen LogP contribution in [0.4, 0.5) is 0 Å². The van der Waals surface area contributed by atoms with Crippen LogP contribution in [0.1, 0.15) is 19.4 Å². The van der Waals surface area contributed by atoms with E-state index in [0.717, 1.165) is 23.4 Å². The Bertz CT molecular complexity index is 708. The first kappa shape index (κ1) is 14.7. The molecule has 1 aliphatic heterocycles. The lowest BCUT2D eigenvalue weighted by atomic mass is 9.83. The smallest absolute Gasteiger partial charge is 0.274 e. The van der Waals surface area contributed by atoms with Gasteiger partial charge in [-0.25, -0.2) is 4.99 Å². The molecule has 1 aromatic carbocycles. The Morgan fingerprint density at radius 3 is 2.64 bits per heavy atom. The van der Waals surface area contributed by atoms with Gasteiger partial charge < -0.3 is 5.32 Å². The van der Waals surface area contributed by atoms with Crippen molar-refractivity contribution in [3.63, 3.8) is 0 Å². The van der Waals surface area contributed by atoms with Gasteiger partial charge in [0.05, 0.1) is 5.71 Å². The molecule has 2 aliphatic rings. The summed E-state index contributed by atoms with van der Waals surface area (Å²) in [6.07, 6.45) is 6.20. The number of hydrogen-bond donors (Lipinski definition) is 1. The van der Waals surface area contributed by atoms with Gasteiger partial charge in [0.15, 0.2) is 0 Å². The summed E-state index contributed by atoms with van der Waals surface area (Å²) >= 11 is 0. The zero-order chi connectivity index (χ0) is 15.5. The molecule has 1 aliphatic carbocycles. The molecule has 1 amide bonds. The Morgan fingerprint density at radius 2 is 1.86 bits per heavy atom. The topological polar surface area (TPSA) is 41.5 Å². The molecule has 0 saturated heterocycles. The lowest BCUT2D eigenvalue weighted by Gasteiger charge is -2.25. The summed E-state index contributed by atoms with van der Waals surface area (Å²) < 4.78 is 0. The summed E-state index contributed by atoms with van der Waals surface area (Å²) in [6, 6.07) is 10.2. The van der Waals surface area contributed by atoms with Gasteiger partial charge in [0.1, 0.15) is 0 Å². The van der Waals surface area contributed by atoms with Crippen LogP contribution in [0.5, 0.6) is 0 Å². The third-order valence-corrected chi connectivity index (χ3v) is 4.14. The molecule has 1 atom stereocenters. The van der Waals surface area contributed by atoms with Crippen molar-refractivity contribution in [2.45, 2.75) is 20.4 Å². The standard InChI is InChI=1S/C19H20N2O/c1-13-8-9-14(2)18-17(13)10-16(19(22)21-18)12-20-11-15-6-4-3-5-7-15/h3-10,17,20H,11-12H2,1-2H3. The second kappa shape index (κ2) is 6.24. The Kier molecular flexibility index (Phi) is 4.16. The summed E-state index contributed by atoms with van der Waals surface area (Å²) in [5.74, 6) is 0.0329. The van der Waals surface area contributed by atoms with E-state index in [-0.39, 0.29) is 11.8 Å². The van der Waals surface area contributed by atoms with Crippen LogP contribution in [0, 0.1) is 5.92 Å². The lowest BCUT2D eigenvalue weighted by molar-refractivity contribution is -0.114. The molecule has 0 radical (unpaired) electrons. The van der Waals surface area contributed by atoms with E-state index in [1.807, 2.05) is 31.2 Å². The third kappa shape index (κ3) is 3.00. The molecular formula is C19H20N2O. The molecule has 0 spiro atoms. The fourth-order valence-electron chi connectivity index (χ4n) is 2.80. The fourth-order valence-corrected chi connectivity index (χ4v) is 2.80. The molecule has 1 N–H and O–H groups in total. The SMILES string of the molecule is CC1=CC=C(C)C2C=C(CNCc3ccccc3)C(=O)N=C12. The van der Waals surface area contributed by atoms with Gasteiger partial charge in [-0.05, 0) is 25.0 Å². The molecule has 0 fully saturated rings. The molecule has 3 heteroatoms. The number of hydrogen-bond acceptors (Lipinski definition) is 2. The Balaban J connectivity index is 1.68. The zero-order valence-corrected chi connectivity index (χ0v) is 13.0. The number of allylic oxidation sites excluding steroid dienone is 5. The molecule has 1 unspecified atom stereocenters. The van der Waals surface area contributed by atoms with Gasteiger partial charge in [-0.3, -0.25) is 4.79 Å². The van der Waals surface area contributed by atoms with Crippen LogP contribution in [-0.4, -0.2) is 18.2 Å². The number of benzene rings is 1. The van der Waals surface area contributed by atoms with Crippen molar-refractivity contribution in [1.29, 1.82) is 0 Å². The van der Waals surface area contributed by atoms with E-state index in [9.17, 15) is 4.79 Å². The van der Waals surface area contributed by atoms with Crippen LogP contribution in [0.2, 0.25) is 0 Å². The molecule has 3 nitrogen and oxygen atoms in total. The number of amides is 1. The number of nitrogens with one attached hydrogen (secondary N) is 1. The summed E-state index contributed by atoms with van der Waals surface area (Å²) in [7, 11) is 0. The molecule has 22 heavy (non-hydrogen) atoms. The molecule has 0 aromatic heterocycles. The average molecular weight is 292 g/mol. The van der Waals surface area contributed by atoms with E-state index >= 15 is 0 Å². The highest BCUT2D eigenvalue weighted by Crippen LogP contribution is 2.28. The minimum atomic E-state index is -0.116. The molecule has 1 aromatic rings. The van der Waals surface area contributed by atoms with E-state index in [1.165, 1.54) is 11.1 Å². The highest BCUT2D eigenvalue weighted by Gasteiger charge is 2.27. The van der Waals surface area contributed by atoms with E-state index in [0.29, 0.717) is 6.54 Å². The highest BCUT2D eigenvalue weighted by molar-refractivity contribution is 6.16. The number of carbonyl (C=O) groups excluding carboxylic acids is 1. The van der Waals surface area contributed by atoms with E-state index in [4.69, 9.17) is 0 Å². The van der Waals surface area contributed by atoms with Crippen molar-refractivity contribution < 1.29 is 4.79 Å². The van der Waals surface area contributed by atoms with E-state index < -0.39 is 0 Å². The predicted octanol–water partition coefficient (Wildman–Crippen LogP) is 3.21. The first-order valence-corrected chi connectivity index (χ1v) is 7.59. The van der Waals surface area contributed by atoms with Crippen molar-refractivity contribution in [3.8, 4) is 0 Å². The number of nitrogens with zero attached hydrogens (tertiary/aromatic N) is 1. The van der Waals surface area contributed by atoms with Gasteiger partial charge in [-0.15, -0.1) is 0 Å². The largest absolute Gasteiger partial charge is 0.308 e. The quantitative estimate of drug-likeness (QED) is 0.926. The van der Waals surface area contributed by atoms with Gasteiger partial charge in [0.25, 0.3) is 5.91 Å². The van der Waals surface area contributed by atoms with Crippen LogP contribution in [-0.2, 0) is 11.3 Å². The number of fused-ring (bicyclic) bond motifs is 1. The van der Waals surface area contributed by atoms with Crippen LogP contribution in [0.3, 0.4) is 0 Å². The molecular weight excluding hydrogens is 272 g/mol. The first-order chi connectivity index (χ1) is 10.6. The van der Waals surface area contributed by atoms with Crippen LogP contribution in [0.25, 0.3) is 0 Å². The van der Waals surface area contributed by atoms with Crippen molar-refractivity contribution in [2.75, 3.05) is 6.54 Å². The summed E-state index contributed by atoms with van der Waals surface area (Å²) in [5, 5.41) is 3.33. The lowest BCUT2D eigenvalue weighted by Crippen LogP contribution is -2.29. The van der Waals surface area contributed by atoms with Crippen LogP contribution < -0.4 is 5.32 Å². The van der Waals surface area contributed by atoms with Crippen molar-refractivity contribution in [2.24, 2.45) is 10.9 Å². The maximum absolute atomic E-state index is 12.2. The second-order valence-corrected chi connectivity index (χ2v) is 5.82. The molecule has 0 bridgehead atoms. The molecule has 1 heterocycles. The van der Waals surface area contributed by atoms with E-state index in [1.54, 1.807) is 0 Å². The number of dihydropyridines is 1. The number of rotatable bonds is 4. The Labute approximate surface area is 131 Å². The van der Waals surface area contributed by atoms with Gasteiger partial charge in [0, 0.05) is 24.6 Å². The minimum absolute atomic E-state index is 0.116. The van der Waals surface area contributed by atoms with Gasteiger partial charge in [-0.1, -0.05) is 54.1 Å². The predicted molar refractivity (Wildman–Crippen MR) is 89.7 cm³/mol. The Morgan fingerprint density at radius 1 is 1.09 bits per heavy atom. The van der Waals surface area contributed by atoms with Crippen molar-refractivity contribution in [3.05, 3.63) is 70.8 Å². The summed E-state index contributed by atoms with van der Waals surface area (Å²) in [5.41, 5.74) is 5.18. The van der Waals surface area contributed by atoms with Crippen molar-refractivity contribution in [1.82, 2.24) is 5.32 Å². The molecule has 3 rings (SSSR count). The summed E-state index contributed by atoms with van der Waals surface area (Å²) in [4.78, 5) is 16.5. The van der Waals surface area contributed by atoms with Gasteiger partial charge in [-0.2, -0.15) is 0 Å². The monoisotopic (exact) mass is 292 g/mol. The molecule has 112 valence electrons. The fraction of sp³-hybridized carbons (Fsp3) is 0.263. The maximum atomic E-state index is 12.2. The van der Waals surface area contributed by atoms with Crippen molar-refractivity contribution >= 4 is 11.6 Å². The van der Waals surface area contributed by atoms with Crippen LogP contribution in [0.15, 0.2) is 70.3 Å². The molecule has 0 saturated carbocycles. The maximum Gasteiger partial charge on any atom is 0.274 e. The van der Waals surface area contributed by atoms with Crippen LogP contribution >= 0.6 is 0 Å². The second-order valence-electron chi connectivity index (χ2n) is 5.82. The summed E-state index contributed by atoms with van der Waals surface area (Å²) in [6.45, 7) is 5.40. The zero-order valence-electron chi connectivity index (χ0n) is 13.0. The normalized spacial score (nSPS) is 20.6. The van der Waals surface area contributed by atoms with E-state index in [2.05, 4.69) is 41.5 Å². The highest BCUT2D eigenvalue weighted by atomic mass is 16.1. The average Bonchev–Trinajstić information content (AvgIpc) is 2.53. The van der Waals surface area contributed by atoms with Gasteiger partial charge in [0.2, 0.25) is 0 Å². The van der Waals surface area contributed by atoms with Gasteiger partial charge >= 0.3 is 0 Å². The first-order valence-electron chi connectivity index (χ1n) is 7.59.